The molecule has 1 aliphatic carbocycles. The number of aromatic nitrogens is 2. The maximum atomic E-state index is 12.1. The molecule has 6 heteroatoms. The topological polar surface area (TPSA) is 78.1 Å². The highest BCUT2D eigenvalue weighted by molar-refractivity contribution is 5.97. The van der Waals surface area contributed by atoms with E-state index < -0.39 is 0 Å². The van der Waals surface area contributed by atoms with Crippen LogP contribution in [0.25, 0.3) is 0 Å². The molecule has 1 unspecified atom stereocenters. The number of aromatic amines is 1. The molecule has 2 fully saturated rings. The SMILES string of the molecule is O=C(Nc1ncc[nH]1)C1CCCN1C(=O)C1CC1. The van der Waals surface area contributed by atoms with E-state index in [-0.39, 0.29) is 23.8 Å². The van der Waals surface area contributed by atoms with Crippen molar-refractivity contribution < 1.29 is 9.59 Å². The number of likely N-dealkylation sites (tertiary alicyclic amines) is 1. The van der Waals surface area contributed by atoms with Gasteiger partial charge in [-0.2, -0.15) is 0 Å². The highest BCUT2D eigenvalue weighted by atomic mass is 16.2. The van der Waals surface area contributed by atoms with Gasteiger partial charge in [-0.15, -0.1) is 0 Å². The second-order valence-corrected chi connectivity index (χ2v) is 4.89. The Kier molecular flexibility index (Phi) is 2.77. The second kappa shape index (κ2) is 4.44. The Morgan fingerprint density at radius 1 is 1.39 bits per heavy atom. The van der Waals surface area contributed by atoms with Gasteiger partial charge in [0.25, 0.3) is 0 Å². The van der Waals surface area contributed by atoms with E-state index in [2.05, 4.69) is 15.3 Å². The summed E-state index contributed by atoms with van der Waals surface area (Å²) >= 11 is 0. The lowest BCUT2D eigenvalue weighted by Crippen LogP contribution is -2.43. The average Bonchev–Trinajstić information content (AvgIpc) is 2.89. The lowest BCUT2D eigenvalue weighted by atomic mass is 10.2. The number of amides is 2. The summed E-state index contributed by atoms with van der Waals surface area (Å²) in [5.41, 5.74) is 0. The zero-order chi connectivity index (χ0) is 12.5. The van der Waals surface area contributed by atoms with Crippen molar-refractivity contribution in [1.82, 2.24) is 14.9 Å². The van der Waals surface area contributed by atoms with E-state index >= 15 is 0 Å². The minimum absolute atomic E-state index is 0.142. The van der Waals surface area contributed by atoms with E-state index in [0.717, 1.165) is 25.7 Å². The molecule has 0 aromatic carbocycles. The lowest BCUT2D eigenvalue weighted by molar-refractivity contribution is -0.137. The second-order valence-electron chi connectivity index (χ2n) is 4.89. The van der Waals surface area contributed by atoms with Crippen LogP contribution in [-0.4, -0.2) is 39.3 Å². The van der Waals surface area contributed by atoms with Crippen molar-refractivity contribution in [2.24, 2.45) is 5.92 Å². The van der Waals surface area contributed by atoms with Crippen molar-refractivity contribution in [2.75, 3.05) is 11.9 Å². The van der Waals surface area contributed by atoms with Crippen molar-refractivity contribution in [1.29, 1.82) is 0 Å². The first kappa shape index (κ1) is 11.3. The fourth-order valence-electron chi connectivity index (χ4n) is 2.40. The molecule has 2 heterocycles. The third kappa shape index (κ3) is 2.10. The zero-order valence-electron chi connectivity index (χ0n) is 10.1. The van der Waals surface area contributed by atoms with Crippen molar-refractivity contribution in [3.05, 3.63) is 12.4 Å². The molecule has 3 rings (SSSR count). The molecule has 1 atom stereocenters. The van der Waals surface area contributed by atoms with E-state index in [1.54, 1.807) is 17.3 Å². The number of nitrogens with zero attached hydrogens (tertiary/aromatic N) is 2. The molecule has 18 heavy (non-hydrogen) atoms. The number of anilines is 1. The maximum Gasteiger partial charge on any atom is 0.249 e. The highest BCUT2D eigenvalue weighted by Crippen LogP contribution is 2.33. The van der Waals surface area contributed by atoms with E-state index in [1.165, 1.54) is 0 Å². The predicted molar refractivity (Wildman–Crippen MR) is 64.7 cm³/mol. The fourth-order valence-corrected chi connectivity index (χ4v) is 2.40. The van der Waals surface area contributed by atoms with Crippen molar-refractivity contribution in [3.8, 4) is 0 Å². The van der Waals surface area contributed by atoms with Crippen LogP contribution in [0.5, 0.6) is 0 Å². The molecule has 2 N–H and O–H groups in total. The summed E-state index contributed by atoms with van der Waals surface area (Å²) in [5.74, 6) is 0.608. The predicted octanol–water partition coefficient (Wildman–Crippen LogP) is 0.749. The Balaban J connectivity index is 1.66. The molecule has 1 aromatic rings. The molecule has 1 saturated heterocycles. The standard InChI is InChI=1S/C12H16N4O2/c17-10(15-12-13-5-6-14-12)9-2-1-7-16(9)11(18)8-3-4-8/h5-6,8-9H,1-4,7H2,(H2,13,14,15,17). The van der Waals surface area contributed by atoms with Gasteiger partial charge in [-0.05, 0) is 25.7 Å². The van der Waals surface area contributed by atoms with Gasteiger partial charge in [0.2, 0.25) is 17.8 Å². The minimum Gasteiger partial charge on any atom is -0.331 e. The maximum absolute atomic E-state index is 12.1. The molecule has 2 aliphatic rings. The summed E-state index contributed by atoms with van der Waals surface area (Å²) in [4.78, 5) is 32.7. The fraction of sp³-hybridized carbons (Fsp3) is 0.583. The van der Waals surface area contributed by atoms with E-state index in [0.29, 0.717) is 12.5 Å². The number of imidazole rings is 1. The van der Waals surface area contributed by atoms with Crippen LogP contribution in [0.4, 0.5) is 5.95 Å². The van der Waals surface area contributed by atoms with Crippen molar-refractivity contribution in [3.63, 3.8) is 0 Å². The van der Waals surface area contributed by atoms with Gasteiger partial charge >= 0.3 is 0 Å². The molecule has 6 nitrogen and oxygen atoms in total. The van der Waals surface area contributed by atoms with Crippen LogP contribution >= 0.6 is 0 Å². The molecule has 0 radical (unpaired) electrons. The molecule has 1 saturated carbocycles. The quantitative estimate of drug-likeness (QED) is 0.828. The van der Waals surface area contributed by atoms with Crippen molar-refractivity contribution in [2.45, 2.75) is 31.7 Å². The van der Waals surface area contributed by atoms with Gasteiger partial charge in [0.15, 0.2) is 0 Å². The molecule has 2 amide bonds. The smallest absolute Gasteiger partial charge is 0.249 e. The Hall–Kier alpha value is -1.85. The number of rotatable bonds is 3. The van der Waals surface area contributed by atoms with Crippen LogP contribution in [0.3, 0.4) is 0 Å². The summed E-state index contributed by atoms with van der Waals surface area (Å²) in [5, 5.41) is 2.71. The first-order valence-corrected chi connectivity index (χ1v) is 6.36. The molecule has 0 spiro atoms. The van der Waals surface area contributed by atoms with Crippen LogP contribution in [-0.2, 0) is 9.59 Å². The number of carbonyl (C=O) groups is 2. The lowest BCUT2D eigenvalue weighted by Gasteiger charge is -2.23. The number of nitrogens with one attached hydrogen (secondary N) is 2. The molecule has 96 valence electrons. The van der Waals surface area contributed by atoms with E-state index in [9.17, 15) is 9.59 Å². The average molecular weight is 248 g/mol. The Bertz CT molecular complexity index is 453. The Labute approximate surface area is 105 Å². The first-order valence-electron chi connectivity index (χ1n) is 6.36. The number of hydrogen-bond acceptors (Lipinski definition) is 3. The minimum atomic E-state index is -0.330. The number of H-pyrrole nitrogens is 1. The summed E-state index contributed by atoms with van der Waals surface area (Å²) in [6, 6.07) is -0.330. The molecular formula is C12H16N4O2. The first-order chi connectivity index (χ1) is 8.75. The van der Waals surface area contributed by atoms with Gasteiger partial charge in [-0.25, -0.2) is 4.98 Å². The normalized spacial score (nSPS) is 23.1. The Morgan fingerprint density at radius 3 is 2.89 bits per heavy atom. The largest absolute Gasteiger partial charge is 0.331 e. The highest BCUT2D eigenvalue weighted by Gasteiger charge is 2.40. The van der Waals surface area contributed by atoms with E-state index in [1.807, 2.05) is 0 Å². The summed E-state index contributed by atoms with van der Waals surface area (Å²) < 4.78 is 0. The molecule has 1 aliphatic heterocycles. The number of hydrogen-bond donors (Lipinski definition) is 2. The van der Waals surface area contributed by atoms with Crippen molar-refractivity contribution >= 4 is 17.8 Å². The van der Waals surface area contributed by atoms with Crippen LogP contribution in [0.2, 0.25) is 0 Å². The summed E-state index contributed by atoms with van der Waals surface area (Å²) in [6.07, 6.45) is 6.82. The van der Waals surface area contributed by atoms with Gasteiger partial charge in [0.1, 0.15) is 6.04 Å². The van der Waals surface area contributed by atoms with Gasteiger partial charge < -0.3 is 9.88 Å². The zero-order valence-corrected chi connectivity index (χ0v) is 10.1. The van der Waals surface area contributed by atoms with Crippen LogP contribution in [0.1, 0.15) is 25.7 Å². The van der Waals surface area contributed by atoms with Gasteiger partial charge in [-0.3, -0.25) is 14.9 Å². The van der Waals surface area contributed by atoms with Gasteiger partial charge in [0.05, 0.1) is 0 Å². The number of carbonyl (C=O) groups excluding carboxylic acids is 2. The molecule has 1 aromatic heterocycles. The third-order valence-electron chi connectivity index (χ3n) is 3.50. The summed E-state index contributed by atoms with van der Waals surface area (Å²) in [6.45, 7) is 0.700. The van der Waals surface area contributed by atoms with Crippen LogP contribution in [0, 0.1) is 5.92 Å². The van der Waals surface area contributed by atoms with Crippen LogP contribution in [0.15, 0.2) is 12.4 Å². The Morgan fingerprint density at radius 2 is 2.22 bits per heavy atom. The third-order valence-corrected chi connectivity index (χ3v) is 3.50. The summed E-state index contributed by atoms with van der Waals surface area (Å²) in [7, 11) is 0. The van der Waals surface area contributed by atoms with Gasteiger partial charge in [0, 0.05) is 24.9 Å². The molecule has 0 bridgehead atoms. The monoisotopic (exact) mass is 248 g/mol. The van der Waals surface area contributed by atoms with E-state index in [4.69, 9.17) is 0 Å². The molecular weight excluding hydrogens is 232 g/mol. The van der Waals surface area contributed by atoms with Crippen LogP contribution < -0.4 is 5.32 Å². The van der Waals surface area contributed by atoms with Gasteiger partial charge in [-0.1, -0.05) is 0 Å².